The molecular formula is C21H26N2O2S. The van der Waals surface area contributed by atoms with Crippen LogP contribution in [0.4, 0.5) is 0 Å². The van der Waals surface area contributed by atoms with Gasteiger partial charge in [0.15, 0.2) is 0 Å². The van der Waals surface area contributed by atoms with E-state index in [-0.39, 0.29) is 5.60 Å². The second-order valence-electron chi connectivity index (χ2n) is 7.65. The maximum atomic E-state index is 12.9. The number of fused-ring (bicyclic) bond motifs is 1. The summed E-state index contributed by atoms with van der Waals surface area (Å²) in [6.07, 6.45) is 0.973. The number of benzene rings is 2. The van der Waals surface area contributed by atoms with Crippen molar-refractivity contribution >= 4 is 10.8 Å². The van der Waals surface area contributed by atoms with Gasteiger partial charge in [0, 0.05) is 54.0 Å². The third-order valence-corrected chi connectivity index (χ3v) is 6.56. The van der Waals surface area contributed by atoms with Gasteiger partial charge in [0.2, 0.25) is 0 Å². The normalized spacial score (nSPS) is 23.7. The Bertz CT molecular complexity index is 801. The Kier molecular flexibility index (Phi) is 4.86. The maximum Gasteiger partial charge on any atom is 0.126 e. The van der Waals surface area contributed by atoms with Crippen LogP contribution in [0.2, 0.25) is 0 Å². The van der Waals surface area contributed by atoms with E-state index < -0.39 is 10.8 Å². The fourth-order valence-electron chi connectivity index (χ4n) is 3.91. The molecule has 26 heavy (non-hydrogen) atoms. The van der Waals surface area contributed by atoms with Gasteiger partial charge >= 0.3 is 0 Å². The molecule has 1 saturated heterocycles. The van der Waals surface area contributed by atoms with Crippen LogP contribution in [0.3, 0.4) is 0 Å². The second kappa shape index (κ2) is 7.14. The zero-order chi connectivity index (χ0) is 18.1. The summed E-state index contributed by atoms with van der Waals surface area (Å²) in [7, 11) is -1.19. The Morgan fingerprint density at radius 3 is 2.54 bits per heavy atom. The molecule has 0 amide bonds. The molecule has 0 saturated carbocycles. The summed E-state index contributed by atoms with van der Waals surface area (Å²) in [6.45, 7) is 8.46. The van der Waals surface area contributed by atoms with Crippen LogP contribution in [0.15, 0.2) is 58.3 Å². The number of piperazine rings is 1. The van der Waals surface area contributed by atoms with Crippen LogP contribution in [0.5, 0.6) is 5.75 Å². The maximum absolute atomic E-state index is 12.9. The summed E-state index contributed by atoms with van der Waals surface area (Å²) in [5.74, 6) is 0.881. The molecule has 0 aromatic heterocycles. The molecule has 2 atom stereocenters. The number of ether oxygens (including phenoxy) is 1. The highest BCUT2D eigenvalue weighted by Gasteiger charge is 2.37. The largest absolute Gasteiger partial charge is 0.487 e. The standard InChI is InChI=1S/C21H26N2O2S/c1-21(2)15-19(23-12-10-22-11-13-23)18-9-8-17(14-20(18)25-21)26(24)16-6-4-3-5-7-16/h3-9,14,19,22H,10-13,15H2,1-2H3. The van der Waals surface area contributed by atoms with Crippen LogP contribution in [0.25, 0.3) is 0 Å². The Balaban J connectivity index is 1.68. The van der Waals surface area contributed by atoms with Crippen molar-refractivity contribution in [3.8, 4) is 5.75 Å². The molecule has 1 fully saturated rings. The lowest BCUT2D eigenvalue weighted by atomic mass is 9.88. The van der Waals surface area contributed by atoms with E-state index in [9.17, 15) is 4.21 Å². The molecule has 138 valence electrons. The molecule has 1 N–H and O–H groups in total. The number of hydrogen-bond donors (Lipinski definition) is 1. The molecule has 2 aliphatic heterocycles. The Morgan fingerprint density at radius 1 is 1.08 bits per heavy atom. The van der Waals surface area contributed by atoms with Gasteiger partial charge in [-0.15, -0.1) is 0 Å². The van der Waals surface area contributed by atoms with Gasteiger partial charge in [-0.1, -0.05) is 24.3 Å². The fraction of sp³-hybridized carbons (Fsp3) is 0.429. The molecule has 0 spiro atoms. The SMILES string of the molecule is CC1(C)CC(N2CCNCC2)c2ccc(S(=O)c3ccccc3)cc2O1. The Hall–Kier alpha value is -1.69. The fourth-order valence-corrected chi connectivity index (χ4v) is 4.99. The third kappa shape index (κ3) is 3.56. The van der Waals surface area contributed by atoms with E-state index >= 15 is 0 Å². The minimum atomic E-state index is -1.19. The van der Waals surface area contributed by atoms with Gasteiger partial charge in [0.1, 0.15) is 11.4 Å². The first kappa shape index (κ1) is 17.7. The molecular weight excluding hydrogens is 344 g/mol. The number of rotatable bonds is 3. The quantitative estimate of drug-likeness (QED) is 0.900. The average Bonchev–Trinajstić information content (AvgIpc) is 2.67. The van der Waals surface area contributed by atoms with E-state index in [0.717, 1.165) is 48.1 Å². The molecule has 2 aromatic rings. The van der Waals surface area contributed by atoms with Crippen molar-refractivity contribution in [3.05, 3.63) is 54.1 Å². The lowest BCUT2D eigenvalue weighted by Crippen LogP contribution is -2.48. The Morgan fingerprint density at radius 2 is 1.81 bits per heavy atom. The first-order valence-electron chi connectivity index (χ1n) is 9.28. The average molecular weight is 371 g/mol. The van der Waals surface area contributed by atoms with Crippen molar-refractivity contribution in [1.82, 2.24) is 10.2 Å². The first-order chi connectivity index (χ1) is 12.5. The molecule has 0 bridgehead atoms. The minimum Gasteiger partial charge on any atom is -0.487 e. The topological polar surface area (TPSA) is 41.6 Å². The number of hydrogen-bond acceptors (Lipinski definition) is 4. The summed E-state index contributed by atoms with van der Waals surface area (Å²) >= 11 is 0. The molecule has 0 aliphatic carbocycles. The Labute approximate surface area is 158 Å². The van der Waals surface area contributed by atoms with Crippen molar-refractivity contribution in [2.45, 2.75) is 41.7 Å². The summed E-state index contributed by atoms with van der Waals surface area (Å²) in [5, 5.41) is 3.43. The summed E-state index contributed by atoms with van der Waals surface area (Å²) < 4.78 is 19.2. The monoisotopic (exact) mass is 370 g/mol. The predicted molar refractivity (Wildman–Crippen MR) is 104 cm³/mol. The molecule has 5 heteroatoms. The summed E-state index contributed by atoms with van der Waals surface area (Å²) in [5.41, 5.74) is 0.995. The van der Waals surface area contributed by atoms with E-state index in [1.165, 1.54) is 5.56 Å². The van der Waals surface area contributed by atoms with E-state index in [4.69, 9.17) is 4.74 Å². The van der Waals surface area contributed by atoms with Crippen molar-refractivity contribution in [2.24, 2.45) is 0 Å². The van der Waals surface area contributed by atoms with E-state index in [0.29, 0.717) is 6.04 Å². The second-order valence-corrected chi connectivity index (χ2v) is 9.13. The summed E-state index contributed by atoms with van der Waals surface area (Å²) in [6, 6.07) is 16.1. The van der Waals surface area contributed by atoms with Gasteiger partial charge in [0.25, 0.3) is 0 Å². The predicted octanol–water partition coefficient (Wildman–Crippen LogP) is 3.36. The van der Waals surface area contributed by atoms with E-state index in [1.54, 1.807) is 0 Å². The molecule has 2 heterocycles. The van der Waals surface area contributed by atoms with E-state index in [1.807, 2.05) is 42.5 Å². The van der Waals surface area contributed by atoms with Crippen LogP contribution in [-0.2, 0) is 10.8 Å². The van der Waals surface area contributed by atoms with Crippen LogP contribution in [0, 0.1) is 0 Å². The molecule has 4 rings (SSSR count). The molecule has 2 aliphatic rings. The highest BCUT2D eigenvalue weighted by molar-refractivity contribution is 7.85. The van der Waals surface area contributed by atoms with Crippen molar-refractivity contribution in [1.29, 1.82) is 0 Å². The van der Waals surface area contributed by atoms with Crippen molar-refractivity contribution in [2.75, 3.05) is 26.2 Å². The van der Waals surface area contributed by atoms with Crippen LogP contribution in [0.1, 0.15) is 31.9 Å². The van der Waals surface area contributed by atoms with Gasteiger partial charge in [-0.3, -0.25) is 4.90 Å². The van der Waals surface area contributed by atoms with Gasteiger partial charge in [-0.05, 0) is 38.1 Å². The van der Waals surface area contributed by atoms with Gasteiger partial charge < -0.3 is 10.1 Å². The van der Waals surface area contributed by atoms with Crippen LogP contribution in [-0.4, -0.2) is 40.9 Å². The van der Waals surface area contributed by atoms with Crippen LogP contribution >= 0.6 is 0 Å². The number of nitrogens with one attached hydrogen (secondary N) is 1. The van der Waals surface area contributed by atoms with Crippen molar-refractivity contribution in [3.63, 3.8) is 0 Å². The molecule has 2 aromatic carbocycles. The minimum absolute atomic E-state index is 0.227. The lowest BCUT2D eigenvalue weighted by molar-refractivity contribution is 0.0257. The van der Waals surface area contributed by atoms with Gasteiger partial charge in [0.05, 0.1) is 10.8 Å². The van der Waals surface area contributed by atoms with Gasteiger partial charge in [-0.25, -0.2) is 4.21 Å². The highest BCUT2D eigenvalue weighted by atomic mass is 32.2. The zero-order valence-electron chi connectivity index (χ0n) is 15.4. The highest BCUT2D eigenvalue weighted by Crippen LogP contribution is 2.43. The molecule has 4 nitrogen and oxygen atoms in total. The zero-order valence-corrected chi connectivity index (χ0v) is 16.2. The third-order valence-electron chi connectivity index (χ3n) is 5.18. The van der Waals surface area contributed by atoms with Crippen LogP contribution < -0.4 is 10.1 Å². The smallest absolute Gasteiger partial charge is 0.126 e. The first-order valence-corrected chi connectivity index (χ1v) is 10.4. The lowest BCUT2D eigenvalue weighted by Gasteiger charge is -2.44. The van der Waals surface area contributed by atoms with Gasteiger partial charge in [-0.2, -0.15) is 0 Å². The van der Waals surface area contributed by atoms with Crippen molar-refractivity contribution < 1.29 is 8.95 Å². The molecule has 2 unspecified atom stereocenters. The van der Waals surface area contributed by atoms with E-state index in [2.05, 4.69) is 30.1 Å². The summed E-state index contributed by atoms with van der Waals surface area (Å²) in [4.78, 5) is 4.17. The molecule has 0 radical (unpaired) electrons. The number of nitrogens with zero attached hydrogens (tertiary/aromatic N) is 1.